The maximum Gasteiger partial charge on any atom is 0.410 e. The molecule has 2 saturated heterocycles. The van der Waals surface area contributed by atoms with Gasteiger partial charge in [0, 0.05) is 38.4 Å². The van der Waals surface area contributed by atoms with Crippen molar-refractivity contribution in [1.29, 1.82) is 0 Å². The molecule has 0 unspecified atom stereocenters. The number of benzene rings is 1. The lowest BCUT2D eigenvalue weighted by Crippen LogP contribution is -2.44. The molecule has 0 spiro atoms. The Balaban J connectivity index is 1.58. The first kappa shape index (κ1) is 31.5. The summed E-state index contributed by atoms with van der Waals surface area (Å²) in [5.74, 6) is 0.238. The molecule has 0 radical (unpaired) electrons. The fourth-order valence-electron chi connectivity index (χ4n) is 5.33. The van der Waals surface area contributed by atoms with E-state index in [2.05, 4.69) is 14.9 Å². The molecule has 0 bridgehead atoms. The van der Waals surface area contributed by atoms with Crippen molar-refractivity contribution < 1.29 is 32.3 Å². The first-order valence-electron chi connectivity index (χ1n) is 14.0. The second kappa shape index (κ2) is 13.6. The van der Waals surface area contributed by atoms with Crippen molar-refractivity contribution >= 4 is 39.4 Å². The summed E-state index contributed by atoms with van der Waals surface area (Å²) >= 11 is 0. The molecule has 2 fully saturated rings. The molecule has 3 rings (SSSR count). The van der Waals surface area contributed by atoms with Crippen LogP contribution in [0.1, 0.15) is 70.2 Å². The molecule has 2 heterocycles. The molecule has 11 nitrogen and oxygen atoms in total. The number of amides is 2. The minimum Gasteiger partial charge on any atom is -0.466 e. The zero-order valence-electron chi connectivity index (χ0n) is 24.3. The number of sulfonamides is 1. The topological polar surface area (TPSA) is 134 Å². The molecular formula is C28H44N4O7S. The Morgan fingerprint density at radius 3 is 2.15 bits per heavy atom. The summed E-state index contributed by atoms with van der Waals surface area (Å²) in [6.45, 7) is 10.8. The third-order valence-corrected chi connectivity index (χ3v) is 7.82. The van der Waals surface area contributed by atoms with E-state index in [1.54, 1.807) is 19.1 Å². The SMILES string of the molecule is CCOC(=O)CCNC(=O)c1ccc(N2CCC(C3CCN(C(=O)OC(C)(C)C)CC3)CC2)cc1NS(C)(=O)=O. The molecule has 0 aliphatic carbocycles. The number of carbonyl (C=O) groups is 3. The van der Waals surface area contributed by atoms with Gasteiger partial charge in [0.1, 0.15) is 5.60 Å². The Morgan fingerprint density at radius 1 is 1.00 bits per heavy atom. The van der Waals surface area contributed by atoms with Crippen molar-refractivity contribution in [2.75, 3.05) is 55.2 Å². The van der Waals surface area contributed by atoms with Gasteiger partial charge in [0.15, 0.2) is 0 Å². The molecule has 224 valence electrons. The van der Waals surface area contributed by atoms with E-state index in [1.165, 1.54) is 0 Å². The highest BCUT2D eigenvalue weighted by Gasteiger charge is 2.32. The first-order chi connectivity index (χ1) is 18.8. The maximum atomic E-state index is 12.8. The molecule has 2 N–H and O–H groups in total. The summed E-state index contributed by atoms with van der Waals surface area (Å²) in [4.78, 5) is 40.7. The Hall–Kier alpha value is -3.02. The molecular weight excluding hydrogens is 536 g/mol. The lowest BCUT2D eigenvalue weighted by molar-refractivity contribution is -0.142. The van der Waals surface area contributed by atoms with E-state index in [0.717, 1.165) is 50.7 Å². The van der Waals surface area contributed by atoms with Gasteiger partial charge < -0.3 is 24.6 Å². The third-order valence-electron chi connectivity index (χ3n) is 7.23. The van der Waals surface area contributed by atoms with E-state index in [9.17, 15) is 22.8 Å². The van der Waals surface area contributed by atoms with Crippen LogP contribution in [0.2, 0.25) is 0 Å². The molecule has 0 aromatic heterocycles. The minimum absolute atomic E-state index is 0.0292. The average molecular weight is 581 g/mol. The molecule has 1 aromatic carbocycles. The van der Waals surface area contributed by atoms with Crippen molar-refractivity contribution in [2.45, 2.75) is 65.4 Å². The number of nitrogens with one attached hydrogen (secondary N) is 2. The largest absolute Gasteiger partial charge is 0.466 e. The number of hydrogen-bond donors (Lipinski definition) is 2. The van der Waals surface area contributed by atoms with Crippen molar-refractivity contribution in [1.82, 2.24) is 10.2 Å². The van der Waals surface area contributed by atoms with Crippen LogP contribution in [0.25, 0.3) is 0 Å². The fraction of sp³-hybridized carbons (Fsp3) is 0.679. The molecule has 40 heavy (non-hydrogen) atoms. The van der Waals surface area contributed by atoms with Crippen LogP contribution in [0.4, 0.5) is 16.2 Å². The van der Waals surface area contributed by atoms with Gasteiger partial charge in [0.2, 0.25) is 10.0 Å². The average Bonchev–Trinajstić information content (AvgIpc) is 2.87. The highest BCUT2D eigenvalue weighted by Crippen LogP contribution is 2.35. The van der Waals surface area contributed by atoms with Gasteiger partial charge in [-0.25, -0.2) is 13.2 Å². The van der Waals surface area contributed by atoms with Crippen LogP contribution in [0, 0.1) is 11.8 Å². The molecule has 2 amide bonds. The number of hydrogen-bond acceptors (Lipinski definition) is 8. The van der Waals surface area contributed by atoms with Crippen LogP contribution in [0.15, 0.2) is 18.2 Å². The van der Waals surface area contributed by atoms with Crippen LogP contribution in [-0.2, 0) is 24.3 Å². The van der Waals surface area contributed by atoms with Crippen LogP contribution < -0.4 is 14.9 Å². The maximum absolute atomic E-state index is 12.8. The Labute approximate surface area is 238 Å². The van der Waals surface area contributed by atoms with Gasteiger partial charge in [-0.15, -0.1) is 0 Å². The smallest absolute Gasteiger partial charge is 0.410 e. The van der Waals surface area contributed by atoms with Crippen molar-refractivity contribution in [3.05, 3.63) is 23.8 Å². The molecule has 0 atom stereocenters. The number of likely N-dealkylation sites (tertiary alicyclic amines) is 1. The zero-order valence-corrected chi connectivity index (χ0v) is 25.1. The van der Waals surface area contributed by atoms with Gasteiger partial charge in [0.05, 0.1) is 30.5 Å². The molecule has 12 heteroatoms. The summed E-state index contributed by atoms with van der Waals surface area (Å²) in [5.41, 5.74) is 0.728. The molecule has 2 aliphatic rings. The lowest BCUT2D eigenvalue weighted by Gasteiger charge is -2.41. The Kier molecular flexibility index (Phi) is 10.7. The van der Waals surface area contributed by atoms with Gasteiger partial charge in [-0.2, -0.15) is 0 Å². The van der Waals surface area contributed by atoms with Crippen molar-refractivity contribution in [3.63, 3.8) is 0 Å². The van der Waals surface area contributed by atoms with Gasteiger partial charge in [-0.3, -0.25) is 14.3 Å². The monoisotopic (exact) mass is 580 g/mol. The normalized spacial score (nSPS) is 17.3. The number of esters is 1. The van der Waals surface area contributed by atoms with E-state index in [4.69, 9.17) is 9.47 Å². The first-order valence-corrected chi connectivity index (χ1v) is 15.9. The third kappa shape index (κ3) is 9.57. The summed E-state index contributed by atoms with van der Waals surface area (Å²) in [5, 5.41) is 2.66. The number of nitrogens with zero attached hydrogens (tertiary/aromatic N) is 2. The van der Waals surface area contributed by atoms with E-state index in [1.807, 2.05) is 31.7 Å². The highest BCUT2D eigenvalue weighted by atomic mass is 32.2. The number of anilines is 2. The lowest BCUT2D eigenvalue weighted by atomic mass is 9.79. The predicted octanol–water partition coefficient (Wildman–Crippen LogP) is 3.60. The molecule has 0 saturated carbocycles. The molecule has 1 aromatic rings. The summed E-state index contributed by atoms with van der Waals surface area (Å²) < 4.78 is 36.9. The van der Waals surface area contributed by atoms with E-state index < -0.39 is 27.5 Å². The fourth-order valence-corrected chi connectivity index (χ4v) is 5.89. The zero-order chi connectivity index (χ0) is 29.5. The van der Waals surface area contributed by atoms with Crippen LogP contribution in [-0.4, -0.2) is 82.5 Å². The standard InChI is InChI=1S/C28H44N4O7S/c1-6-38-25(33)9-14-29-26(34)23-8-7-22(19-24(23)30-40(5,36)37)31-15-10-20(11-16-31)21-12-17-32(18-13-21)27(35)39-28(2,3)4/h7-8,19-21,30H,6,9-18H2,1-5H3,(H,29,34). The van der Waals surface area contributed by atoms with E-state index in [0.29, 0.717) is 24.9 Å². The van der Waals surface area contributed by atoms with E-state index >= 15 is 0 Å². The summed E-state index contributed by atoms with van der Waals surface area (Å²) in [7, 11) is -3.63. The van der Waals surface area contributed by atoms with Crippen LogP contribution in [0.5, 0.6) is 0 Å². The van der Waals surface area contributed by atoms with Crippen molar-refractivity contribution in [2.24, 2.45) is 11.8 Å². The number of ether oxygens (including phenoxy) is 2. The van der Waals surface area contributed by atoms with Gasteiger partial charge >= 0.3 is 12.1 Å². The quantitative estimate of drug-likeness (QED) is 0.423. The highest BCUT2D eigenvalue weighted by molar-refractivity contribution is 7.92. The van der Waals surface area contributed by atoms with Crippen LogP contribution >= 0.6 is 0 Å². The Bertz CT molecular complexity index is 1150. The van der Waals surface area contributed by atoms with E-state index in [-0.39, 0.29) is 36.9 Å². The van der Waals surface area contributed by atoms with Crippen LogP contribution in [0.3, 0.4) is 0 Å². The molecule has 2 aliphatic heterocycles. The second-order valence-electron chi connectivity index (χ2n) is 11.5. The minimum atomic E-state index is -3.63. The number of carbonyl (C=O) groups excluding carboxylic acids is 3. The van der Waals surface area contributed by atoms with Gasteiger partial charge in [-0.05, 0) is 83.4 Å². The second-order valence-corrected chi connectivity index (χ2v) is 13.3. The van der Waals surface area contributed by atoms with Crippen molar-refractivity contribution in [3.8, 4) is 0 Å². The van der Waals surface area contributed by atoms with Gasteiger partial charge in [0.25, 0.3) is 5.91 Å². The summed E-state index contributed by atoms with van der Waals surface area (Å²) in [6, 6.07) is 5.13. The predicted molar refractivity (Wildman–Crippen MR) is 154 cm³/mol. The number of rotatable bonds is 9. The summed E-state index contributed by atoms with van der Waals surface area (Å²) in [6.07, 6.45) is 4.77. The van der Waals surface area contributed by atoms with Gasteiger partial charge in [-0.1, -0.05) is 0 Å². The number of piperidine rings is 2. The Morgan fingerprint density at radius 2 is 1.60 bits per heavy atom.